The molecule has 1 amide bonds. The van der Waals surface area contributed by atoms with E-state index in [0.29, 0.717) is 6.42 Å². The van der Waals surface area contributed by atoms with Crippen molar-refractivity contribution >= 4 is 11.6 Å². The van der Waals surface area contributed by atoms with Gasteiger partial charge in [0.05, 0.1) is 5.69 Å². The lowest BCUT2D eigenvalue weighted by Gasteiger charge is -2.11. The third kappa shape index (κ3) is 2.84. The fraction of sp³-hybridized carbons (Fsp3) is 0.385. The third-order valence-corrected chi connectivity index (χ3v) is 2.99. The highest BCUT2D eigenvalue weighted by molar-refractivity contribution is 5.92. The summed E-state index contributed by atoms with van der Waals surface area (Å²) in [5.74, 6) is -0.814. The number of halogens is 1. The molecule has 5 heteroatoms. The minimum atomic E-state index is -0.616. The van der Waals surface area contributed by atoms with Crippen LogP contribution in [0.15, 0.2) is 18.2 Å². The molecule has 0 spiro atoms. The van der Waals surface area contributed by atoms with Crippen LogP contribution in [-0.4, -0.2) is 18.5 Å². The minimum absolute atomic E-state index is 0.120. The number of benzene rings is 1. The lowest BCUT2D eigenvalue weighted by Crippen LogP contribution is -2.27. The lowest BCUT2D eigenvalue weighted by atomic mass is 10.1. The van der Waals surface area contributed by atoms with Crippen LogP contribution in [0.25, 0.3) is 0 Å². The van der Waals surface area contributed by atoms with Gasteiger partial charge in [-0.1, -0.05) is 6.07 Å². The Labute approximate surface area is 105 Å². The number of rotatable bonds is 3. The zero-order valence-electron chi connectivity index (χ0n) is 9.87. The van der Waals surface area contributed by atoms with Crippen molar-refractivity contribution in [2.24, 2.45) is 0 Å². The van der Waals surface area contributed by atoms with Crippen LogP contribution in [0.4, 0.5) is 10.1 Å². The van der Waals surface area contributed by atoms with E-state index < -0.39 is 5.82 Å². The number of hydrogen-bond donors (Lipinski definition) is 2. The van der Waals surface area contributed by atoms with Crippen LogP contribution in [0.3, 0.4) is 0 Å². The molecule has 1 saturated heterocycles. The Balaban J connectivity index is 2.02. The Hall–Kier alpha value is -1.93. The Bertz CT molecular complexity index is 489. The molecular weight excluding hydrogens is 233 g/mol. The van der Waals surface area contributed by atoms with Gasteiger partial charge in [-0.05, 0) is 31.5 Å². The number of carbonyl (C=O) groups excluding carboxylic acids is 1. The van der Waals surface area contributed by atoms with E-state index in [-0.39, 0.29) is 23.2 Å². The molecule has 0 bridgehead atoms. The second kappa shape index (κ2) is 5.61. The van der Waals surface area contributed by atoms with Crippen molar-refractivity contribution in [1.82, 2.24) is 5.32 Å². The summed E-state index contributed by atoms with van der Waals surface area (Å²) in [4.78, 5) is 11.8. The highest BCUT2D eigenvalue weighted by Crippen LogP contribution is 2.18. The van der Waals surface area contributed by atoms with E-state index in [1.165, 1.54) is 18.2 Å². The minimum Gasteiger partial charge on any atom is -0.325 e. The topological polar surface area (TPSA) is 64.9 Å². The van der Waals surface area contributed by atoms with Crippen molar-refractivity contribution in [3.8, 4) is 6.07 Å². The van der Waals surface area contributed by atoms with Gasteiger partial charge in [0.15, 0.2) is 0 Å². The maximum atomic E-state index is 13.3. The number of carbonyl (C=O) groups is 1. The van der Waals surface area contributed by atoms with Crippen LogP contribution in [0.5, 0.6) is 0 Å². The van der Waals surface area contributed by atoms with Crippen molar-refractivity contribution in [3.63, 3.8) is 0 Å². The first-order valence-electron chi connectivity index (χ1n) is 5.92. The summed E-state index contributed by atoms with van der Waals surface area (Å²) in [5, 5.41) is 14.6. The summed E-state index contributed by atoms with van der Waals surface area (Å²) in [6, 6.07) is 6.14. The van der Waals surface area contributed by atoms with Crippen LogP contribution in [0, 0.1) is 17.1 Å². The van der Waals surface area contributed by atoms with Gasteiger partial charge in [-0.2, -0.15) is 5.26 Å². The highest BCUT2D eigenvalue weighted by Gasteiger charge is 2.18. The predicted octanol–water partition coefficient (Wildman–Crippen LogP) is 1.78. The zero-order chi connectivity index (χ0) is 13.0. The highest BCUT2D eigenvalue weighted by atomic mass is 19.1. The molecule has 1 aliphatic rings. The predicted molar refractivity (Wildman–Crippen MR) is 65.4 cm³/mol. The van der Waals surface area contributed by atoms with Gasteiger partial charge in [0.25, 0.3) is 0 Å². The monoisotopic (exact) mass is 247 g/mol. The van der Waals surface area contributed by atoms with E-state index in [1.54, 1.807) is 6.07 Å². The summed E-state index contributed by atoms with van der Waals surface area (Å²) in [5.41, 5.74) is 0.116. The van der Waals surface area contributed by atoms with Gasteiger partial charge in [0, 0.05) is 12.5 Å². The second-order valence-electron chi connectivity index (χ2n) is 4.32. The van der Waals surface area contributed by atoms with Gasteiger partial charge < -0.3 is 10.6 Å². The summed E-state index contributed by atoms with van der Waals surface area (Å²) in [7, 11) is 0. The van der Waals surface area contributed by atoms with Crippen molar-refractivity contribution < 1.29 is 9.18 Å². The first-order valence-corrected chi connectivity index (χ1v) is 5.92. The van der Waals surface area contributed by atoms with E-state index in [2.05, 4.69) is 10.6 Å². The molecule has 2 N–H and O–H groups in total. The first kappa shape index (κ1) is 12.5. The number of nitriles is 1. The number of hydrogen-bond acceptors (Lipinski definition) is 3. The molecule has 1 aromatic carbocycles. The van der Waals surface area contributed by atoms with E-state index >= 15 is 0 Å². The molecule has 2 rings (SSSR count). The maximum Gasteiger partial charge on any atom is 0.225 e. The Morgan fingerprint density at radius 2 is 2.44 bits per heavy atom. The molecule has 1 fully saturated rings. The van der Waals surface area contributed by atoms with Gasteiger partial charge in [-0.15, -0.1) is 0 Å². The molecule has 1 unspecified atom stereocenters. The fourth-order valence-corrected chi connectivity index (χ4v) is 2.10. The van der Waals surface area contributed by atoms with Crippen molar-refractivity contribution in [2.75, 3.05) is 11.9 Å². The van der Waals surface area contributed by atoms with Gasteiger partial charge in [-0.3, -0.25) is 4.79 Å². The maximum absolute atomic E-state index is 13.3. The van der Waals surface area contributed by atoms with Crippen LogP contribution < -0.4 is 10.6 Å². The van der Waals surface area contributed by atoms with E-state index in [0.717, 1.165) is 19.4 Å². The number of nitrogens with zero attached hydrogens (tertiary/aromatic N) is 1. The van der Waals surface area contributed by atoms with Crippen LogP contribution >= 0.6 is 0 Å². The van der Waals surface area contributed by atoms with Gasteiger partial charge in [-0.25, -0.2) is 4.39 Å². The molecule has 18 heavy (non-hydrogen) atoms. The number of anilines is 1. The molecule has 4 nitrogen and oxygen atoms in total. The Morgan fingerprint density at radius 3 is 3.11 bits per heavy atom. The molecule has 1 heterocycles. The normalized spacial score (nSPS) is 18.3. The molecule has 0 saturated carbocycles. The third-order valence-electron chi connectivity index (χ3n) is 2.99. The van der Waals surface area contributed by atoms with Crippen molar-refractivity contribution in [1.29, 1.82) is 5.26 Å². The molecular formula is C13H14FN3O. The SMILES string of the molecule is N#Cc1c(F)cccc1NC(=O)CC1CCCN1. The fourth-order valence-electron chi connectivity index (χ4n) is 2.10. The molecule has 1 aromatic rings. The van der Waals surface area contributed by atoms with Crippen molar-refractivity contribution in [3.05, 3.63) is 29.6 Å². The van der Waals surface area contributed by atoms with Crippen molar-refractivity contribution in [2.45, 2.75) is 25.3 Å². The number of nitrogens with one attached hydrogen (secondary N) is 2. The molecule has 1 atom stereocenters. The molecule has 1 aliphatic heterocycles. The van der Waals surface area contributed by atoms with E-state index in [1.807, 2.05) is 0 Å². The van der Waals surface area contributed by atoms with Gasteiger partial charge in [0.2, 0.25) is 5.91 Å². The summed E-state index contributed by atoms with van der Waals surface area (Å²) in [6.07, 6.45) is 2.39. The summed E-state index contributed by atoms with van der Waals surface area (Å²) >= 11 is 0. The lowest BCUT2D eigenvalue weighted by molar-refractivity contribution is -0.116. The summed E-state index contributed by atoms with van der Waals surface area (Å²) < 4.78 is 13.3. The molecule has 0 radical (unpaired) electrons. The number of amides is 1. The first-order chi connectivity index (χ1) is 8.70. The van der Waals surface area contributed by atoms with Crippen LogP contribution in [0.2, 0.25) is 0 Å². The average Bonchev–Trinajstić information content (AvgIpc) is 2.82. The van der Waals surface area contributed by atoms with E-state index in [4.69, 9.17) is 5.26 Å². The average molecular weight is 247 g/mol. The smallest absolute Gasteiger partial charge is 0.225 e. The largest absolute Gasteiger partial charge is 0.325 e. The zero-order valence-corrected chi connectivity index (χ0v) is 9.87. The molecule has 0 aromatic heterocycles. The van der Waals surface area contributed by atoms with Gasteiger partial charge >= 0.3 is 0 Å². The standard InChI is InChI=1S/C13H14FN3O/c14-11-4-1-5-12(10(11)8-15)17-13(18)7-9-3-2-6-16-9/h1,4-5,9,16H,2-3,6-7H2,(H,17,18). The van der Waals surface area contributed by atoms with Crippen LogP contribution in [0.1, 0.15) is 24.8 Å². The Kier molecular flexibility index (Phi) is 3.90. The molecule has 0 aliphatic carbocycles. The van der Waals surface area contributed by atoms with Gasteiger partial charge in [0.1, 0.15) is 17.4 Å². The van der Waals surface area contributed by atoms with Crippen LogP contribution in [-0.2, 0) is 4.79 Å². The summed E-state index contributed by atoms with van der Waals surface area (Å²) in [6.45, 7) is 0.932. The van der Waals surface area contributed by atoms with E-state index in [9.17, 15) is 9.18 Å². The molecule has 94 valence electrons. The second-order valence-corrected chi connectivity index (χ2v) is 4.32. The Morgan fingerprint density at radius 1 is 1.61 bits per heavy atom. The quantitative estimate of drug-likeness (QED) is 0.855.